The predicted molar refractivity (Wildman–Crippen MR) is 330 cm³/mol. The van der Waals surface area contributed by atoms with E-state index in [1.54, 1.807) is 54.2 Å². The van der Waals surface area contributed by atoms with E-state index >= 15 is 0 Å². The van der Waals surface area contributed by atoms with Crippen molar-refractivity contribution < 1.29 is 47.7 Å². The number of amides is 4. The normalized spacial score (nSPS) is 19.6. The summed E-state index contributed by atoms with van der Waals surface area (Å²) in [6.45, 7) is 14.5. The monoisotopic (exact) mass is 1150 g/mol. The van der Waals surface area contributed by atoms with Crippen LogP contribution < -0.4 is 34.5 Å². The Morgan fingerprint density at radius 2 is 1.38 bits per heavy atom. The van der Waals surface area contributed by atoms with Crippen molar-refractivity contribution in [2.45, 2.75) is 84.2 Å². The second-order valence-electron chi connectivity index (χ2n) is 23.1. The number of ether oxygens (including phenoxy) is 4. The molecule has 4 aromatic rings. The third-order valence-corrected chi connectivity index (χ3v) is 16.8. The summed E-state index contributed by atoms with van der Waals surface area (Å²) in [5.41, 5.74) is 8.40. The van der Waals surface area contributed by atoms with Crippen molar-refractivity contribution in [3.05, 3.63) is 132 Å². The first-order valence-corrected chi connectivity index (χ1v) is 29.6. The fourth-order valence-electron chi connectivity index (χ4n) is 11.7. The van der Waals surface area contributed by atoms with E-state index in [1.807, 2.05) is 62.8 Å². The minimum Gasteiger partial charge on any atom is -0.493 e. The number of fused-ring (bicyclic) bond motifs is 4. The summed E-state index contributed by atoms with van der Waals surface area (Å²) in [6.07, 6.45) is 14.9. The maximum absolute atomic E-state index is 14.2. The molecule has 1 fully saturated rings. The lowest BCUT2D eigenvalue weighted by molar-refractivity contribution is -0.130. The molecule has 4 aromatic carbocycles. The van der Waals surface area contributed by atoms with Gasteiger partial charge >= 0.3 is 0 Å². The number of anilines is 2. The summed E-state index contributed by atoms with van der Waals surface area (Å²) >= 11 is 0. The molecule has 0 saturated carbocycles. The van der Waals surface area contributed by atoms with Gasteiger partial charge in [-0.25, -0.2) is 0 Å². The van der Waals surface area contributed by atoms with Crippen molar-refractivity contribution in [1.82, 2.24) is 20.0 Å². The molecule has 1 saturated heterocycles. The Balaban J connectivity index is 0.682. The highest BCUT2D eigenvalue weighted by atomic mass is 16.5. The number of Topliss-reactive ketones (excluding diaryl/α,β-unsaturated/α-hetero) is 2. The number of methoxy groups -OCH3 is 2. The molecule has 5 aliphatic heterocycles. The third-order valence-electron chi connectivity index (χ3n) is 16.8. The molecule has 0 aromatic heterocycles. The second kappa shape index (κ2) is 26.5. The van der Waals surface area contributed by atoms with Crippen molar-refractivity contribution in [2.24, 2.45) is 33.7 Å². The lowest BCUT2D eigenvalue weighted by Crippen LogP contribution is -2.45. The average Bonchev–Trinajstić information content (AvgIpc) is 3.22. The predicted octanol–water partition coefficient (Wildman–Crippen LogP) is 10.0. The molecule has 18 nitrogen and oxygen atoms in total. The molecule has 4 amide bonds. The fraction of sp³-hybridized carbons (Fsp3) is 0.403. The summed E-state index contributed by atoms with van der Waals surface area (Å²) in [5, 5.41) is 5.82. The smallest absolute Gasteiger partial charge is 0.260 e. The van der Waals surface area contributed by atoms with Crippen LogP contribution in [-0.4, -0.2) is 142 Å². The van der Waals surface area contributed by atoms with Gasteiger partial charge in [-0.15, -0.1) is 0 Å². The van der Waals surface area contributed by atoms with Gasteiger partial charge in [0.15, 0.2) is 34.6 Å². The Morgan fingerprint density at radius 1 is 0.729 bits per heavy atom. The zero-order chi connectivity index (χ0) is 59.9. The molecule has 2 unspecified atom stereocenters. The number of hydrogen-bond donors (Lipinski definition) is 2. The van der Waals surface area contributed by atoms with Crippen LogP contribution in [0.5, 0.6) is 23.0 Å². The zero-order valence-electron chi connectivity index (χ0n) is 49.4. The molecule has 2 N–H and O–H groups in total. The van der Waals surface area contributed by atoms with Crippen LogP contribution in [-0.2, 0) is 19.2 Å². The lowest BCUT2D eigenvalue weighted by atomic mass is 9.89. The van der Waals surface area contributed by atoms with Crippen LogP contribution in [0.4, 0.5) is 22.7 Å². The van der Waals surface area contributed by atoms with E-state index in [1.165, 1.54) is 18.9 Å². The molecule has 10 rings (SSSR count). The Hall–Kier alpha value is -8.64. The average molecular weight is 1150 g/mol. The van der Waals surface area contributed by atoms with Crippen LogP contribution >= 0.6 is 0 Å². The molecule has 0 bridgehead atoms. The van der Waals surface area contributed by atoms with Gasteiger partial charge in [-0.1, -0.05) is 64.1 Å². The molecule has 85 heavy (non-hydrogen) atoms. The van der Waals surface area contributed by atoms with Gasteiger partial charge in [-0.05, 0) is 97.0 Å². The summed E-state index contributed by atoms with van der Waals surface area (Å²) in [4.78, 5) is 97.6. The summed E-state index contributed by atoms with van der Waals surface area (Å²) < 4.78 is 23.9. The standard InChI is InChI=1S/C67H76N8O10/c1-41(2)64(71-62(77)12-9-8-10-23-74-43(4)13-22-63(74)78)57(76)30-42(3)66(80)70-49-18-14-44(15-19-49)46-31-47-38-68-55-36-60(58(82-6)34-53(55)65(79)52(47)33-46)84-28-11-29-85-61-37-56-54(35-59(61)83-7)67(81)75-40-48(32-51(75)39-69-56)45-16-20-50(21-17-45)73-26-24-72(5)25-27-73/h13-22,33-42,47,51-52,64H,4,8-12,23-32H2,1-3,5-7H3,(H,70,80)(H,71,77)/t42-,47+,51+,52?,64?/m1/s1. The summed E-state index contributed by atoms with van der Waals surface area (Å²) in [5.74, 6) is -0.755. The van der Waals surface area contributed by atoms with Gasteiger partial charge in [0.25, 0.3) is 11.8 Å². The van der Waals surface area contributed by atoms with Crippen LogP contribution in [0.3, 0.4) is 0 Å². The Kier molecular flexibility index (Phi) is 18.6. The molecule has 5 atom stereocenters. The second-order valence-corrected chi connectivity index (χ2v) is 23.1. The van der Waals surface area contributed by atoms with E-state index in [4.69, 9.17) is 28.9 Å². The number of nitrogens with one attached hydrogen (secondary N) is 2. The maximum atomic E-state index is 14.2. The highest BCUT2D eigenvalue weighted by Crippen LogP contribution is 2.45. The Labute approximate surface area is 497 Å². The Morgan fingerprint density at radius 3 is 2.04 bits per heavy atom. The van der Waals surface area contributed by atoms with Crippen LogP contribution in [0.15, 0.2) is 119 Å². The first-order chi connectivity index (χ1) is 41.0. The van der Waals surface area contributed by atoms with E-state index in [0.717, 1.165) is 61.3 Å². The number of benzene rings is 4. The fourth-order valence-corrected chi connectivity index (χ4v) is 11.7. The van der Waals surface area contributed by atoms with Crippen molar-refractivity contribution in [1.29, 1.82) is 0 Å². The molecule has 5 heterocycles. The number of piperazine rings is 1. The molecule has 18 heteroatoms. The first kappa shape index (κ1) is 59.5. The molecular weight excluding hydrogens is 1080 g/mol. The van der Waals surface area contributed by atoms with Crippen LogP contribution in [0.2, 0.25) is 0 Å². The first-order valence-electron chi connectivity index (χ1n) is 29.6. The number of allylic oxidation sites excluding steroid dienone is 3. The maximum Gasteiger partial charge on any atom is 0.260 e. The topological polar surface area (TPSA) is 201 Å². The molecule has 0 spiro atoms. The Bertz CT molecular complexity index is 3370. The SMILES string of the molecule is C=C1C=CC(=O)N1CCCCCC(=O)NC(C(=O)C[C@@H](C)C(=O)Nc1ccc(C2=CC3C(=O)c4cc(OC)c(OCCCOc5cc6c(cc5OC)C(=O)N5C=C(c7ccc(N8CCN(C)CC8)cc7)C[C@H]5C=N6)cc4N=C[C@@H]3C2)cc1)C(C)C. The lowest BCUT2D eigenvalue weighted by Gasteiger charge is -2.34. The van der Waals surface area contributed by atoms with E-state index in [2.05, 4.69) is 58.3 Å². The van der Waals surface area contributed by atoms with Crippen molar-refractivity contribution in [2.75, 3.05) is 77.4 Å². The minimum absolute atomic E-state index is 0.0381. The largest absolute Gasteiger partial charge is 0.493 e. The molecular formula is C67H76N8O10. The van der Waals surface area contributed by atoms with E-state index in [9.17, 15) is 28.8 Å². The quantitative estimate of drug-likeness (QED) is 0.0630. The number of nitrogens with zero attached hydrogens (tertiary/aromatic N) is 6. The van der Waals surface area contributed by atoms with Gasteiger partial charge in [0.05, 0.1) is 56.5 Å². The van der Waals surface area contributed by atoms with Gasteiger partial charge in [0.2, 0.25) is 11.8 Å². The minimum atomic E-state index is -0.722. The van der Waals surface area contributed by atoms with Gasteiger partial charge in [-0.3, -0.25) is 38.8 Å². The van der Waals surface area contributed by atoms with Crippen molar-refractivity contribution in [3.8, 4) is 23.0 Å². The molecule has 0 radical (unpaired) electrons. The highest BCUT2D eigenvalue weighted by Gasteiger charge is 2.37. The van der Waals surface area contributed by atoms with E-state index in [0.29, 0.717) is 89.1 Å². The van der Waals surface area contributed by atoms with Gasteiger partial charge in [0.1, 0.15) is 0 Å². The molecule has 444 valence electrons. The molecule has 6 aliphatic rings. The third kappa shape index (κ3) is 13.7. The highest BCUT2D eigenvalue weighted by molar-refractivity contribution is 6.09. The number of rotatable bonds is 24. The van der Waals surface area contributed by atoms with Gasteiger partial charge in [-0.2, -0.15) is 0 Å². The number of aliphatic imine (C=N–C) groups is 2. The van der Waals surface area contributed by atoms with Gasteiger partial charge in [0, 0.05) is 136 Å². The van der Waals surface area contributed by atoms with Crippen LogP contribution in [0.1, 0.15) is 104 Å². The van der Waals surface area contributed by atoms with E-state index < -0.39 is 17.9 Å². The number of carbonyl (C=O) groups is 6. The molecule has 1 aliphatic carbocycles. The number of unbranched alkanes of at least 4 members (excludes halogenated alkanes) is 2. The number of hydrogen-bond acceptors (Lipinski definition) is 14. The van der Waals surface area contributed by atoms with Crippen LogP contribution in [0, 0.1) is 23.7 Å². The zero-order valence-corrected chi connectivity index (χ0v) is 49.4. The number of ketones is 2. The van der Waals surface area contributed by atoms with Gasteiger partial charge < -0.3 is 49.2 Å². The van der Waals surface area contributed by atoms with Crippen LogP contribution in [0.25, 0.3) is 11.1 Å². The number of likely N-dealkylation sites (N-methyl/N-ethyl adjacent to an activating group) is 1. The number of carbonyl (C=O) groups excluding carboxylic acids is 6. The summed E-state index contributed by atoms with van der Waals surface area (Å²) in [7, 11) is 5.23. The van der Waals surface area contributed by atoms with Crippen molar-refractivity contribution in [3.63, 3.8) is 0 Å². The van der Waals surface area contributed by atoms with Crippen molar-refractivity contribution >= 4 is 81.5 Å². The summed E-state index contributed by atoms with van der Waals surface area (Å²) in [6, 6.07) is 22.0. The van der Waals surface area contributed by atoms with E-state index in [-0.39, 0.29) is 79.1 Å².